The van der Waals surface area contributed by atoms with Crippen molar-refractivity contribution in [3.63, 3.8) is 0 Å². The number of urea groups is 1. The largest absolute Gasteiger partial charge is 0.338 e. The lowest BCUT2D eigenvalue weighted by Gasteiger charge is -2.30. The lowest BCUT2D eigenvalue weighted by molar-refractivity contribution is 0.211. The van der Waals surface area contributed by atoms with E-state index in [0.717, 1.165) is 45.6 Å². The van der Waals surface area contributed by atoms with E-state index in [0.29, 0.717) is 12.0 Å². The zero-order chi connectivity index (χ0) is 12.8. The highest BCUT2D eigenvalue weighted by atomic mass is 16.2. The van der Waals surface area contributed by atoms with Crippen LogP contribution in [0.3, 0.4) is 0 Å². The van der Waals surface area contributed by atoms with E-state index in [1.807, 2.05) is 0 Å². The van der Waals surface area contributed by atoms with Crippen molar-refractivity contribution in [2.24, 2.45) is 5.92 Å². The van der Waals surface area contributed by atoms with E-state index >= 15 is 0 Å². The zero-order valence-corrected chi connectivity index (χ0v) is 11.4. The molecule has 0 aliphatic carbocycles. The first-order valence-electron chi connectivity index (χ1n) is 7.17. The van der Waals surface area contributed by atoms with Gasteiger partial charge >= 0.3 is 6.03 Å². The monoisotopic (exact) mass is 254 g/mol. The summed E-state index contributed by atoms with van der Waals surface area (Å²) in [4.78, 5) is 14.1. The summed E-state index contributed by atoms with van der Waals surface area (Å²) in [5.41, 5.74) is 0. The Kier molecular flexibility index (Phi) is 5.26. The van der Waals surface area contributed by atoms with Crippen LogP contribution in [0.15, 0.2) is 0 Å². The molecule has 104 valence electrons. The van der Waals surface area contributed by atoms with Gasteiger partial charge < -0.3 is 20.9 Å². The molecule has 0 aromatic carbocycles. The number of nitrogens with zero attached hydrogens (tertiary/aromatic N) is 1. The minimum Gasteiger partial charge on any atom is -0.338 e. The number of piperidine rings is 2. The molecule has 2 aliphatic rings. The van der Waals surface area contributed by atoms with Crippen molar-refractivity contribution in [3.8, 4) is 0 Å². The smallest absolute Gasteiger partial charge is 0.315 e. The maximum atomic E-state index is 11.8. The summed E-state index contributed by atoms with van der Waals surface area (Å²) in [6.07, 6.45) is 4.58. The van der Waals surface area contributed by atoms with E-state index < -0.39 is 0 Å². The minimum absolute atomic E-state index is 0.00938. The topological polar surface area (TPSA) is 56.4 Å². The minimum atomic E-state index is 0.00938. The van der Waals surface area contributed by atoms with E-state index in [2.05, 4.69) is 27.9 Å². The summed E-state index contributed by atoms with van der Waals surface area (Å²) < 4.78 is 0. The van der Waals surface area contributed by atoms with Crippen LogP contribution in [0.2, 0.25) is 0 Å². The first-order chi connectivity index (χ1) is 8.74. The van der Waals surface area contributed by atoms with E-state index in [-0.39, 0.29) is 6.03 Å². The van der Waals surface area contributed by atoms with Crippen molar-refractivity contribution in [1.29, 1.82) is 0 Å². The van der Waals surface area contributed by atoms with Gasteiger partial charge in [0.25, 0.3) is 0 Å². The molecule has 18 heavy (non-hydrogen) atoms. The van der Waals surface area contributed by atoms with Crippen molar-refractivity contribution in [3.05, 3.63) is 0 Å². The first-order valence-corrected chi connectivity index (χ1v) is 7.17. The average Bonchev–Trinajstić information content (AvgIpc) is 2.40. The third-order valence-electron chi connectivity index (χ3n) is 4.00. The second-order valence-corrected chi connectivity index (χ2v) is 5.64. The van der Waals surface area contributed by atoms with Crippen molar-refractivity contribution in [1.82, 2.24) is 20.9 Å². The van der Waals surface area contributed by atoms with Crippen LogP contribution in [0.25, 0.3) is 0 Å². The molecular weight excluding hydrogens is 228 g/mol. The Morgan fingerprint density at radius 3 is 2.78 bits per heavy atom. The van der Waals surface area contributed by atoms with Crippen molar-refractivity contribution < 1.29 is 4.79 Å². The molecule has 0 aromatic heterocycles. The molecule has 2 rings (SSSR count). The number of hydrogen-bond acceptors (Lipinski definition) is 3. The molecule has 3 N–H and O–H groups in total. The third kappa shape index (κ3) is 4.46. The summed E-state index contributed by atoms with van der Waals surface area (Å²) in [5.74, 6) is 0.599. The lowest BCUT2D eigenvalue weighted by atomic mass is 10.00. The summed E-state index contributed by atoms with van der Waals surface area (Å²) >= 11 is 0. The van der Waals surface area contributed by atoms with Crippen LogP contribution < -0.4 is 16.0 Å². The van der Waals surface area contributed by atoms with Crippen molar-refractivity contribution >= 4 is 6.03 Å². The molecule has 0 saturated carbocycles. The molecule has 0 radical (unpaired) electrons. The van der Waals surface area contributed by atoms with Gasteiger partial charge in [0.15, 0.2) is 0 Å². The van der Waals surface area contributed by atoms with Gasteiger partial charge in [0, 0.05) is 12.6 Å². The number of nitrogens with one attached hydrogen (secondary N) is 3. The highest BCUT2D eigenvalue weighted by molar-refractivity contribution is 5.74. The highest BCUT2D eigenvalue weighted by Gasteiger charge is 2.19. The molecule has 5 nitrogen and oxygen atoms in total. The van der Waals surface area contributed by atoms with Gasteiger partial charge in [-0.05, 0) is 64.8 Å². The lowest BCUT2D eigenvalue weighted by Crippen LogP contribution is -2.48. The summed E-state index contributed by atoms with van der Waals surface area (Å²) in [7, 11) is 2.13. The molecule has 2 aliphatic heterocycles. The summed E-state index contributed by atoms with van der Waals surface area (Å²) in [5, 5.41) is 9.46. The van der Waals surface area contributed by atoms with Gasteiger partial charge in [-0.25, -0.2) is 4.79 Å². The van der Waals surface area contributed by atoms with E-state index in [9.17, 15) is 4.79 Å². The van der Waals surface area contributed by atoms with Crippen LogP contribution in [-0.2, 0) is 0 Å². The Morgan fingerprint density at radius 2 is 2.11 bits per heavy atom. The van der Waals surface area contributed by atoms with Gasteiger partial charge in [-0.3, -0.25) is 0 Å². The van der Waals surface area contributed by atoms with Crippen LogP contribution in [0.4, 0.5) is 4.79 Å². The molecule has 0 bridgehead atoms. The molecule has 0 aromatic rings. The van der Waals surface area contributed by atoms with Crippen LogP contribution in [0.5, 0.6) is 0 Å². The molecule has 1 atom stereocenters. The van der Waals surface area contributed by atoms with E-state index in [1.54, 1.807) is 0 Å². The van der Waals surface area contributed by atoms with E-state index in [4.69, 9.17) is 0 Å². The molecule has 0 spiro atoms. The number of rotatable bonds is 3. The van der Waals surface area contributed by atoms with E-state index in [1.165, 1.54) is 12.8 Å². The molecule has 2 saturated heterocycles. The second-order valence-electron chi connectivity index (χ2n) is 5.64. The number of hydrogen-bond donors (Lipinski definition) is 3. The van der Waals surface area contributed by atoms with Crippen LogP contribution in [0, 0.1) is 5.92 Å². The molecule has 2 heterocycles. The van der Waals surface area contributed by atoms with Gasteiger partial charge in [0.05, 0.1) is 0 Å². The fourth-order valence-electron chi connectivity index (χ4n) is 2.72. The summed E-state index contributed by atoms with van der Waals surface area (Å²) in [6, 6.07) is 0.362. The Hall–Kier alpha value is -0.810. The fourth-order valence-corrected chi connectivity index (χ4v) is 2.72. The van der Waals surface area contributed by atoms with Gasteiger partial charge in [-0.1, -0.05) is 0 Å². The van der Waals surface area contributed by atoms with Gasteiger partial charge in [0.1, 0.15) is 0 Å². The molecular formula is C13H26N4O. The van der Waals surface area contributed by atoms with Gasteiger partial charge in [-0.15, -0.1) is 0 Å². The Morgan fingerprint density at radius 1 is 1.33 bits per heavy atom. The maximum Gasteiger partial charge on any atom is 0.315 e. The Bertz CT molecular complexity index is 258. The highest BCUT2D eigenvalue weighted by Crippen LogP contribution is 2.09. The predicted molar refractivity (Wildman–Crippen MR) is 72.6 cm³/mol. The predicted octanol–water partition coefficient (Wildman–Crippen LogP) is 0.379. The second kappa shape index (κ2) is 6.95. The van der Waals surface area contributed by atoms with Crippen molar-refractivity contribution in [2.75, 3.05) is 39.8 Å². The number of carbonyl (C=O) groups is 1. The summed E-state index contributed by atoms with van der Waals surface area (Å²) in [6.45, 7) is 5.12. The molecule has 2 fully saturated rings. The zero-order valence-electron chi connectivity index (χ0n) is 11.4. The van der Waals surface area contributed by atoms with Crippen molar-refractivity contribution in [2.45, 2.75) is 31.7 Å². The van der Waals surface area contributed by atoms with Crippen LogP contribution >= 0.6 is 0 Å². The number of amides is 2. The normalized spacial score (nSPS) is 26.8. The Labute approximate surface area is 110 Å². The Balaban J connectivity index is 1.59. The number of likely N-dealkylation sites (tertiary alicyclic amines) is 1. The van der Waals surface area contributed by atoms with Gasteiger partial charge in [-0.2, -0.15) is 0 Å². The van der Waals surface area contributed by atoms with Crippen LogP contribution in [0.1, 0.15) is 25.7 Å². The third-order valence-corrected chi connectivity index (χ3v) is 4.00. The standard InChI is InChI=1S/C13H26N4O/c1-17-7-4-12(5-8-17)16-13(18)15-10-11-3-2-6-14-9-11/h11-12,14H,2-10H2,1H3,(H2,15,16,18). The fraction of sp³-hybridized carbons (Fsp3) is 0.923. The molecule has 5 heteroatoms. The molecule has 1 unspecified atom stereocenters. The first kappa shape index (κ1) is 13.6. The number of carbonyl (C=O) groups excluding carboxylic acids is 1. The average molecular weight is 254 g/mol. The maximum absolute atomic E-state index is 11.8. The molecule has 2 amide bonds. The SMILES string of the molecule is CN1CCC(NC(=O)NCC2CCCNC2)CC1. The van der Waals surface area contributed by atoms with Gasteiger partial charge in [0.2, 0.25) is 0 Å². The quantitative estimate of drug-likeness (QED) is 0.682. The van der Waals surface area contributed by atoms with Crippen LogP contribution in [-0.4, -0.2) is 56.7 Å².